The minimum atomic E-state index is 0.585. The van der Waals surface area contributed by atoms with Crippen LogP contribution in [0, 0.1) is 0 Å². The third-order valence-corrected chi connectivity index (χ3v) is 3.93. The fourth-order valence-electron chi connectivity index (χ4n) is 2.80. The molecule has 0 fully saturated rings. The summed E-state index contributed by atoms with van der Waals surface area (Å²) in [5.41, 5.74) is 1.25. The first-order valence-corrected chi connectivity index (χ1v) is 7.94. The first-order valence-electron chi connectivity index (χ1n) is 7.94. The lowest BCUT2D eigenvalue weighted by molar-refractivity contribution is 0.0204. The van der Waals surface area contributed by atoms with Crippen molar-refractivity contribution >= 4 is 21.5 Å². The van der Waals surface area contributed by atoms with Crippen LogP contribution in [0.5, 0.6) is 0 Å². The highest BCUT2D eigenvalue weighted by molar-refractivity contribution is 6.02. The van der Waals surface area contributed by atoms with Crippen LogP contribution in [0.3, 0.4) is 0 Å². The fourth-order valence-corrected chi connectivity index (χ4v) is 2.80. The Hall–Kier alpha value is -1.94. The van der Waals surface area contributed by atoms with Crippen LogP contribution in [-0.4, -0.2) is 33.5 Å². The first kappa shape index (κ1) is 15.9. The van der Waals surface area contributed by atoms with E-state index in [-0.39, 0.29) is 0 Å². The smallest absolute Gasteiger partial charge is 0.0730 e. The lowest BCUT2D eigenvalue weighted by Gasteiger charge is -2.12. The molecule has 0 spiro atoms. The highest BCUT2D eigenvalue weighted by Gasteiger charge is 2.07. The van der Waals surface area contributed by atoms with Crippen molar-refractivity contribution in [1.29, 1.82) is 0 Å². The van der Waals surface area contributed by atoms with Gasteiger partial charge in [0.2, 0.25) is 0 Å². The Bertz CT molecular complexity index is 713. The van der Waals surface area contributed by atoms with Gasteiger partial charge in [-0.15, -0.1) is 0 Å². The van der Waals surface area contributed by atoms with E-state index in [1.807, 2.05) is 0 Å². The van der Waals surface area contributed by atoms with Crippen LogP contribution >= 0.6 is 0 Å². The molecule has 3 aromatic rings. The van der Waals surface area contributed by atoms with Crippen LogP contribution in [-0.2, 0) is 20.8 Å². The highest BCUT2D eigenvalue weighted by Crippen LogP contribution is 2.28. The zero-order chi connectivity index (χ0) is 15.9. The van der Waals surface area contributed by atoms with Gasteiger partial charge in [-0.2, -0.15) is 0 Å². The monoisotopic (exact) mass is 310 g/mol. The SMILES string of the molecule is COCCOCCOCc1c2ccccc2cc2ccccc12. The maximum atomic E-state index is 5.85. The molecule has 0 radical (unpaired) electrons. The third kappa shape index (κ3) is 3.88. The second kappa shape index (κ2) is 8.06. The van der Waals surface area contributed by atoms with Gasteiger partial charge in [0.05, 0.1) is 33.0 Å². The van der Waals surface area contributed by atoms with Gasteiger partial charge in [0.15, 0.2) is 0 Å². The van der Waals surface area contributed by atoms with Gasteiger partial charge in [-0.25, -0.2) is 0 Å². The van der Waals surface area contributed by atoms with Gasteiger partial charge >= 0.3 is 0 Å². The second-order valence-corrected chi connectivity index (χ2v) is 5.46. The van der Waals surface area contributed by atoms with Gasteiger partial charge in [0, 0.05) is 7.11 Å². The summed E-state index contributed by atoms with van der Waals surface area (Å²) in [6, 6.07) is 19.2. The fraction of sp³-hybridized carbons (Fsp3) is 0.300. The lowest BCUT2D eigenvalue weighted by atomic mass is 9.97. The molecule has 23 heavy (non-hydrogen) atoms. The van der Waals surface area contributed by atoms with Gasteiger partial charge in [0.25, 0.3) is 0 Å². The molecule has 0 heterocycles. The molecule has 0 saturated heterocycles. The lowest BCUT2D eigenvalue weighted by Crippen LogP contribution is -2.08. The molecule has 0 bridgehead atoms. The second-order valence-electron chi connectivity index (χ2n) is 5.46. The van der Waals surface area contributed by atoms with E-state index < -0.39 is 0 Å². The summed E-state index contributed by atoms with van der Waals surface area (Å²) in [5, 5.41) is 5.01. The number of rotatable bonds is 8. The van der Waals surface area contributed by atoms with E-state index in [0.29, 0.717) is 33.0 Å². The van der Waals surface area contributed by atoms with Crippen LogP contribution < -0.4 is 0 Å². The molecule has 0 N–H and O–H groups in total. The van der Waals surface area contributed by atoms with E-state index >= 15 is 0 Å². The molecule has 0 saturated carbocycles. The molecular weight excluding hydrogens is 288 g/mol. The van der Waals surface area contributed by atoms with Crippen molar-refractivity contribution in [3.8, 4) is 0 Å². The molecule has 0 amide bonds. The summed E-state index contributed by atoms with van der Waals surface area (Å²) >= 11 is 0. The van der Waals surface area contributed by atoms with E-state index in [1.54, 1.807) is 7.11 Å². The van der Waals surface area contributed by atoms with Crippen LogP contribution in [0.4, 0.5) is 0 Å². The van der Waals surface area contributed by atoms with Crippen LogP contribution in [0.2, 0.25) is 0 Å². The number of hydrogen-bond acceptors (Lipinski definition) is 3. The van der Waals surface area contributed by atoms with E-state index in [2.05, 4.69) is 54.6 Å². The van der Waals surface area contributed by atoms with Gasteiger partial charge in [0.1, 0.15) is 0 Å². The van der Waals surface area contributed by atoms with Crippen molar-refractivity contribution in [3.05, 3.63) is 60.2 Å². The summed E-state index contributed by atoms with van der Waals surface area (Å²) in [7, 11) is 1.67. The maximum Gasteiger partial charge on any atom is 0.0730 e. The van der Waals surface area contributed by atoms with Crippen LogP contribution in [0.1, 0.15) is 5.56 Å². The van der Waals surface area contributed by atoms with Crippen molar-refractivity contribution in [2.24, 2.45) is 0 Å². The van der Waals surface area contributed by atoms with Crippen LogP contribution in [0.15, 0.2) is 54.6 Å². The Balaban J connectivity index is 1.75. The highest BCUT2D eigenvalue weighted by atomic mass is 16.5. The van der Waals surface area contributed by atoms with E-state index in [4.69, 9.17) is 14.2 Å². The van der Waals surface area contributed by atoms with Crippen molar-refractivity contribution in [3.63, 3.8) is 0 Å². The minimum absolute atomic E-state index is 0.585. The first-order chi connectivity index (χ1) is 11.4. The Kier molecular flexibility index (Phi) is 5.59. The third-order valence-electron chi connectivity index (χ3n) is 3.93. The zero-order valence-electron chi connectivity index (χ0n) is 13.5. The Morgan fingerprint density at radius 1 is 0.696 bits per heavy atom. The van der Waals surface area contributed by atoms with Gasteiger partial charge in [-0.05, 0) is 33.2 Å². The standard InChI is InChI=1S/C20H22O3/c1-21-10-11-22-12-13-23-15-20-18-8-4-2-6-16(18)14-17-7-3-5-9-19(17)20/h2-9,14H,10-13,15H2,1H3. The van der Waals surface area contributed by atoms with Crippen LogP contribution in [0.25, 0.3) is 21.5 Å². The topological polar surface area (TPSA) is 27.7 Å². The summed E-state index contributed by atoms with van der Waals surface area (Å²) in [5.74, 6) is 0. The molecule has 0 atom stereocenters. The normalized spacial score (nSPS) is 11.3. The number of methoxy groups -OCH3 is 1. The minimum Gasteiger partial charge on any atom is -0.382 e. The molecule has 3 heteroatoms. The molecule has 3 nitrogen and oxygen atoms in total. The van der Waals surface area contributed by atoms with Gasteiger partial charge < -0.3 is 14.2 Å². The summed E-state index contributed by atoms with van der Waals surface area (Å²) in [6.45, 7) is 2.99. The van der Waals surface area contributed by atoms with Crippen molar-refractivity contribution in [2.45, 2.75) is 6.61 Å². The molecule has 0 aliphatic carbocycles. The molecule has 3 aromatic carbocycles. The Morgan fingerprint density at radius 2 is 1.26 bits per heavy atom. The number of hydrogen-bond donors (Lipinski definition) is 0. The molecule has 120 valence electrons. The van der Waals surface area contributed by atoms with E-state index in [9.17, 15) is 0 Å². The number of ether oxygens (including phenoxy) is 3. The molecule has 0 aliphatic rings. The van der Waals surface area contributed by atoms with Gasteiger partial charge in [-0.3, -0.25) is 0 Å². The summed E-state index contributed by atoms with van der Waals surface area (Å²) < 4.78 is 16.2. The van der Waals surface area contributed by atoms with Crippen molar-refractivity contribution in [1.82, 2.24) is 0 Å². The Labute approximate surface area is 136 Å². The molecule has 3 rings (SSSR count). The summed E-state index contributed by atoms with van der Waals surface area (Å²) in [4.78, 5) is 0. The van der Waals surface area contributed by atoms with Crippen molar-refractivity contribution in [2.75, 3.05) is 33.5 Å². The molecular formula is C20H22O3. The Morgan fingerprint density at radius 3 is 1.91 bits per heavy atom. The number of fused-ring (bicyclic) bond motifs is 2. The molecule has 0 unspecified atom stereocenters. The van der Waals surface area contributed by atoms with Crippen molar-refractivity contribution < 1.29 is 14.2 Å². The zero-order valence-corrected chi connectivity index (χ0v) is 13.5. The average Bonchev–Trinajstić information content (AvgIpc) is 2.60. The average molecular weight is 310 g/mol. The van der Waals surface area contributed by atoms with Gasteiger partial charge in [-0.1, -0.05) is 48.5 Å². The summed E-state index contributed by atoms with van der Waals surface area (Å²) in [6.07, 6.45) is 0. The largest absolute Gasteiger partial charge is 0.382 e. The predicted molar refractivity (Wildman–Crippen MR) is 93.8 cm³/mol. The van der Waals surface area contributed by atoms with E-state index in [0.717, 1.165) is 0 Å². The quantitative estimate of drug-likeness (QED) is 0.461. The molecule has 0 aliphatic heterocycles. The maximum absolute atomic E-state index is 5.85. The number of benzene rings is 3. The predicted octanol–water partition coefficient (Wildman–Crippen LogP) is 4.17. The van der Waals surface area contributed by atoms with E-state index in [1.165, 1.54) is 27.1 Å². The molecule has 0 aromatic heterocycles.